The zero-order valence-electron chi connectivity index (χ0n) is 19.0. The maximum Gasteiger partial charge on any atom is 0.242 e. The molecule has 0 unspecified atom stereocenters. The monoisotopic (exact) mass is 544 g/mol. The third kappa shape index (κ3) is 7.51. The number of thioether (sulfide) groups is 1. The molecule has 1 saturated carbocycles. The van der Waals surface area contributed by atoms with Crippen molar-refractivity contribution in [2.45, 2.75) is 63.4 Å². The molecule has 3 rings (SSSR count). The highest BCUT2D eigenvalue weighted by Gasteiger charge is 2.28. The second-order valence-electron chi connectivity index (χ2n) is 8.48. The summed E-state index contributed by atoms with van der Waals surface area (Å²) in [4.78, 5) is 27.8. The molecule has 4 nitrogen and oxygen atoms in total. The van der Waals surface area contributed by atoms with E-state index in [4.69, 9.17) is 34.8 Å². The van der Waals surface area contributed by atoms with Gasteiger partial charge in [-0.1, -0.05) is 66.2 Å². The average Bonchev–Trinajstić information content (AvgIpc) is 2.81. The summed E-state index contributed by atoms with van der Waals surface area (Å²) in [5.74, 6) is -0.481. The molecule has 0 aromatic heterocycles. The predicted molar refractivity (Wildman–Crippen MR) is 139 cm³/mol. The van der Waals surface area contributed by atoms with E-state index in [0.29, 0.717) is 20.6 Å². The van der Waals surface area contributed by atoms with Crippen LogP contribution >= 0.6 is 46.6 Å². The molecule has 34 heavy (non-hydrogen) atoms. The Morgan fingerprint density at radius 1 is 1.09 bits per heavy atom. The Morgan fingerprint density at radius 2 is 1.82 bits per heavy atom. The van der Waals surface area contributed by atoms with E-state index in [2.05, 4.69) is 5.32 Å². The van der Waals surface area contributed by atoms with E-state index in [1.165, 1.54) is 29.1 Å². The smallest absolute Gasteiger partial charge is 0.242 e. The van der Waals surface area contributed by atoms with Gasteiger partial charge >= 0.3 is 0 Å². The predicted octanol–water partition coefficient (Wildman–Crippen LogP) is 6.89. The molecule has 1 aliphatic carbocycles. The lowest BCUT2D eigenvalue weighted by molar-refractivity contribution is -0.139. The quantitative estimate of drug-likeness (QED) is 0.373. The number of nitrogens with one attached hydrogen (secondary N) is 1. The van der Waals surface area contributed by atoms with Crippen LogP contribution < -0.4 is 5.32 Å². The summed E-state index contributed by atoms with van der Waals surface area (Å²) in [5, 5.41) is 4.23. The fourth-order valence-electron chi connectivity index (χ4n) is 3.98. The van der Waals surface area contributed by atoms with Crippen LogP contribution in [0.4, 0.5) is 4.39 Å². The van der Waals surface area contributed by atoms with Crippen LogP contribution in [0.1, 0.15) is 50.2 Å². The molecule has 184 valence electrons. The fraction of sp³-hybridized carbons (Fsp3) is 0.440. The molecule has 1 aliphatic rings. The number of rotatable bonds is 9. The summed E-state index contributed by atoms with van der Waals surface area (Å²) in [6.45, 7) is 1.93. The van der Waals surface area contributed by atoms with Gasteiger partial charge in [0.1, 0.15) is 11.9 Å². The van der Waals surface area contributed by atoms with Crippen LogP contribution in [0.2, 0.25) is 15.1 Å². The fourth-order valence-corrected chi connectivity index (χ4v) is 5.55. The summed E-state index contributed by atoms with van der Waals surface area (Å²) < 4.78 is 14.1. The van der Waals surface area contributed by atoms with Crippen molar-refractivity contribution in [3.05, 3.63) is 68.4 Å². The minimum absolute atomic E-state index is 0.0764. The normalized spacial score (nSPS) is 15.1. The van der Waals surface area contributed by atoms with Crippen LogP contribution in [0.3, 0.4) is 0 Å². The first-order chi connectivity index (χ1) is 16.3. The third-order valence-electron chi connectivity index (χ3n) is 5.99. The minimum Gasteiger partial charge on any atom is -0.352 e. The molecule has 2 aromatic carbocycles. The van der Waals surface area contributed by atoms with Gasteiger partial charge in [-0.25, -0.2) is 4.39 Å². The molecule has 2 amide bonds. The maximum atomic E-state index is 14.1. The van der Waals surface area contributed by atoms with Gasteiger partial charge in [-0.05, 0) is 49.6 Å². The zero-order valence-corrected chi connectivity index (χ0v) is 22.0. The van der Waals surface area contributed by atoms with E-state index in [1.807, 2.05) is 0 Å². The number of halogens is 4. The number of benzene rings is 2. The molecule has 0 aliphatic heterocycles. The summed E-state index contributed by atoms with van der Waals surface area (Å²) in [6.07, 6.45) is 5.30. The molecule has 2 aromatic rings. The molecule has 0 spiro atoms. The molecule has 1 fully saturated rings. The van der Waals surface area contributed by atoms with E-state index >= 15 is 0 Å². The van der Waals surface area contributed by atoms with Crippen LogP contribution in [0.5, 0.6) is 0 Å². The van der Waals surface area contributed by atoms with Gasteiger partial charge in [0.25, 0.3) is 0 Å². The van der Waals surface area contributed by atoms with Crippen LogP contribution in [-0.2, 0) is 21.9 Å². The van der Waals surface area contributed by atoms with Crippen LogP contribution in [0, 0.1) is 5.82 Å². The molecule has 0 radical (unpaired) electrons. The van der Waals surface area contributed by atoms with Gasteiger partial charge in [0.05, 0.1) is 15.8 Å². The summed E-state index contributed by atoms with van der Waals surface area (Å²) >= 11 is 19.6. The lowest BCUT2D eigenvalue weighted by atomic mass is 9.95. The molecule has 0 bridgehead atoms. The van der Waals surface area contributed by atoms with Crippen molar-refractivity contribution >= 4 is 58.4 Å². The van der Waals surface area contributed by atoms with Gasteiger partial charge in [0.2, 0.25) is 11.8 Å². The van der Waals surface area contributed by atoms with Crippen molar-refractivity contribution in [1.82, 2.24) is 10.2 Å². The summed E-state index contributed by atoms with van der Waals surface area (Å²) in [5.41, 5.74) is 1.13. The Morgan fingerprint density at radius 3 is 2.50 bits per heavy atom. The first-order valence-corrected chi connectivity index (χ1v) is 13.6. The molecule has 1 atom stereocenters. The zero-order chi connectivity index (χ0) is 24.7. The third-order valence-corrected chi connectivity index (χ3v) is 8.03. The minimum atomic E-state index is -0.679. The Hall–Kier alpha value is -1.47. The highest BCUT2D eigenvalue weighted by atomic mass is 35.5. The van der Waals surface area contributed by atoms with Gasteiger partial charge in [-0.15, -0.1) is 11.8 Å². The van der Waals surface area contributed by atoms with E-state index in [9.17, 15) is 14.0 Å². The second kappa shape index (κ2) is 13.0. The lowest BCUT2D eigenvalue weighted by Crippen LogP contribution is -2.50. The molecular formula is C25H28Cl3FN2O2S. The van der Waals surface area contributed by atoms with E-state index in [1.54, 1.807) is 37.3 Å². The molecule has 1 N–H and O–H groups in total. The first-order valence-electron chi connectivity index (χ1n) is 11.3. The Bertz CT molecular complexity index is 997. The van der Waals surface area contributed by atoms with Gasteiger partial charge in [0.15, 0.2) is 0 Å². The maximum absolute atomic E-state index is 14.1. The number of carbonyl (C=O) groups is 2. The van der Waals surface area contributed by atoms with E-state index < -0.39 is 11.9 Å². The number of nitrogens with zero attached hydrogens (tertiary/aromatic N) is 1. The van der Waals surface area contributed by atoms with E-state index in [0.717, 1.165) is 31.2 Å². The Balaban J connectivity index is 1.70. The Labute approximate surface area is 219 Å². The van der Waals surface area contributed by atoms with Crippen molar-refractivity contribution in [1.29, 1.82) is 0 Å². The highest BCUT2D eigenvalue weighted by Crippen LogP contribution is 2.26. The van der Waals surface area contributed by atoms with Crippen molar-refractivity contribution < 1.29 is 14.0 Å². The van der Waals surface area contributed by atoms with Crippen molar-refractivity contribution in [2.75, 3.05) is 5.75 Å². The molecule has 9 heteroatoms. The van der Waals surface area contributed by atoms with Gasteiger partial charge in [-0.3, -0.25) is 9.59 Å². The average molecular weight is 546 g/mol. The SMILES string of the molecule is C[C@@H](C(=O)NC1CCCCC1)N(Cc1ccc(Cl)c(Cl)c1)C(=O)CSCc1c(F)cccc1Cl. The molecule has 0 heterocycles. The largest absolute Gasteiger partial charge is 0.352 e. The lowest BCUT2D eigenvalue weighted by Gasteiger charge is -2.31. The number of hydrogen-bond acceptors (Lipinski definition) is 3. The standard InChI is InChI=1S/C25H28Cl3FN2O2S/c1-16(25(33)30-18-6-3-2-4-7-18)31(13-17-10-11-21(27)22(28)12-17)24(32)15-34-14-19-20(26)8-5-9-23(19)29/h5,8-12,16,18H,2-4,6-7,13-15H2,1H3,(H,30,33)/t16-/m0/s1. The van der Waals surface area contributed by atoms with Gasteiger partial charge in [-0.2, -0.15) is 0 Å². The van der Waals surface area contributed by atoms with Gasteiger partial charge in [0, 0.05) is 28.9 Å². The molecule has 0 saturated heterocycles. The number of amides is 2. The Kier molecular flexibility index (Phi) is 10.4. The number of hydrogen-bond donors (Lipinski definition) is 1. The van der Waals surface area contributed by atoms with Crippen LogP contribution in [0.25, 0.3) is 0 Å². The molecular weight excluding hydrogens is 518 g/mol. The summed E-state index contributed by atoms with van der Waals surface area (Å²) in [6, 6.07) is 9.12. The number of carbonyl (C=O) groups excluding carboxylic acids is 2. The van der Waals surface area contributed by atoms with Gasteiger partial charge < -0.3 is 10.2 Å². The first kappa shape index (κ1) is 27.1. The van der Waals surface area contributed by atoms with Crippen molar-refractivity contribution in [2.24, 2.45) is 0 Å². The van der Waals surface area contributed by atoms with Crippen molar-refractivity contribution in [3.63, 3.8) is 0 Å². The topological polar surface area (TPSA) is 49.4 Å². The van der Waals surface area contributed by atoms with E-state index in [-0.39, 0.29) is 35.9 Å². The summed E-state index contributed by atoms with van der Waals surface area (Å²) in [7, 11) is 0. The van der Waals surface area contributed by atoms with Crippen LogP contribution in [0.15, 0.2) is 36.4 Å². The van der Waals surface area contributed by atoms with Crippen LogP contribution in [-0.4, -0.2) is 34.6 Å². The van der Waals surface area contributed by atoms with Crippen molar-refractivity contribution in [3.8, 4) is 0 Å². The highest BCUT2D eigenvalue weighted by molar-refractivity contribution is 7.99. The second-order valence-corrected chi connectivity index (χ2v) is 10.7.